The first-order chi connectivity index (χ1) is 8.54. The van der Waals surface area contributed by atoms with Crippen molar-refractivity contribution in [3.8, 4) is 0 Å². The molecule has 0 spiro atoms. The lowest BCUT2D eigenvalue weighted by Crippen LogP contribution is -2.23. The fraction of sp³-hybridized carbons (Fsp3) is 0.385. The molecule has 2 aromatic heterocycles. The third-order valence-corrected chi connectivity index (χ3v) is 4.09. The summed E-state index contributed by atoms with van der Waals surface area (Å²) in [5.41, 5.74) is 2.03. The molecule has 0 fully saturated rings. The minimum atomic E-state index is 0.0269. The largest absolute Gasteiger partial charge is 0.316 e. The summed E-state index contributed by atoms with van der Waals surface area (Å²) < 4.78 is 1.63. The van der Waals surface area contributed by atoms with Crippen LogP contribution < -0.4 is 10.9 Å². The molecule has 0 aromatic carbocycles. The normalized spacial score (nSPS) is 11.1. The van der Waals surface area contributed by atoms with Crippen molar-refractivity contribution in [1.82, 2.24) is 14.9 Å². The van der Waals surface area contributed by atoms with E-state index in [2.05, 4.69) is 16.9 Å². The average molecular weight is 263 g/mol. The lowest BCUT2D eigenvalue weighted by molar-refractivity contribution is 0.704. The zero-order valence-electron chi connectivity index (χ0n) is 10.9. The van der Waals surface area contributed by atoms with E-state index in [1.807, 2.05) is 20.9 Å². The van der Waals surface area contributed by atoms with E-state index in [0.29, 0.717) is 13.1 Å². The molecule has 96 valence electrons. The summed E-state index contributed by atoms with van der Waals surface area (Å²) in [4.78, 5) is 18.7. The van der Waals surface area contributed by atoms with Gasteiger partial charge < -0.3 is 5.32 Å². The highest BCUT2D eigenvalue weighted by Crippen LogP contribution is 2.25. The predicted octanol–water partition coefficient (Wildman–Crippen LogP) is 1.85. The quantitative estimate of drug-likeness (QED) is 0.856. The van der Waals surface area contributed by atoms with Crippen molar-refractivity contribution in [3.05, 3.63) is 39.3 Å². The zero-order valence-corrected chi connectivity index (χ0v) is 11.7. The number of fused-ring (bicyclic) bond motifs is 1. The number of likely N-dealkylation sites (N-methyl/N-ethyl adjacent to an activating group) is 1. The van der Waals surface area contributed by atoms with E-state index in [1.54, 1.807) is 22.2 Å². The number of thiophene rings is 1. The molecule has 18 heavy (non-hydrogen) atoms. The second-order valence-corrected chi connectivity index (χ2v) is 5.62. The minimum Gasteiger partial charge on any atom is -0.316 e. The zero-order chi connectivity index (χ0) is 13.3. The van der Waals surface area contributed by atoms with Crippen LogP contribution in [0.1, 0.15) is 10.4 Å². The Labute approximate surface area is 110 Å². The van der Waals surface area contributed by atoms with Gasteiger partial charge in [0, 0.05) is 18.0 Å². The molecule has 2 heterocycles. The number of nitrogens with zero attached hydrogens (tertiary/aromatic N) is 2. The van der Waals surface area contributed by atoms with Gasteiger partial charge in [-0.1, -0.05) is 6.58 Å². The van der Waals surface area contributed by atoms with E-state index >= 15 is 0 Å². The number of hydrogen-bond donors (Lipinski definition) is 1. The average Bonchev–Trinajstić information content (AvgIpc) is 2.60. The lowest BCUT2D eigenvalue weighted by atomic mass is 10.2. The van der Waals surface area contributed by atoms with Gasteiger partial charge in [-0.05, 0) is 32.0 Å². The van der Waals surface area contributed by atoms with Gasteiger partial charge in [0.2, 0.25) is 0 Å². The molecular weight excluding hydrogens is 246 g/mol. The summed E-state index contributed by atoms with van der Waals surface area (Å²) in [6.45, 7) is 9.15. The number of aryl methyl sites for hydroxylation is 2. The van der Waals surface area contributed by atoms with Gasteiger partial charge in [-0.25, -0.2) is 4.98 Å². The Kier molecular flexibility index (Phi) is 3.63. The summed E-state index contributed by atoms with van der Waals surface area (Å²) in [7, 11) is 1.86. The molecule has 0 aliphatic rings. The van der Waals surface area contributed by atoms with Gasteiger partial charge in [-0.15, -0.1) is 11.3 Å². The summed E-state index contributed by atoms with van der Waals surface area (Å²) in [5.74, 6) is 0. The summed E-state index contributed by atoms with van der Waals surface area (Å²) in [6.07, 6.45) is 1.61. The maximum atomic E-state index is 12.4. The third kappa shape index (κ3) is 2.23. The standard InChI is InChI=1S/C13H17N3OS/c1-8(5-14-4)6-16-7-15-12-11(13(16)17)9(2)10(3)18-12/h7,14H,1,5-6H2,2-4H3. The van der Waals surface area contributed by atoms with E-state index in [0.717, 1.165) is 26.2 Å². The van der Waals surface area contributed by atoms with Crippen LogP contribution in [0.15, 0.2) is 23.3 Å². The van der Waals surface area contributed by atoms with Crippen LogP contribution in [0.2, 0.25) is 0 Å². The van der Waals surface area contributed by atoms with Crippen LogP contribution in [0.3, 0.4) is 0 Å². The highest BCUT2D eigenvalue weighted by Gasteiger charge is 2.12. The van der Waals surface area contributed by atoms with Gasteiger partial charge in [-0.2, -0.15) is 0 Å². The van der Waals surface area contributed by atoms with E-state index in [-0.39, 0.29) is 5.56 Å². The molecule has 0 radical (unpaired) electrons. The fourth-order valence-corrected chi connectivity index (χ4v) is 2.92. The maximum Gasteiger partial charge on any atom is 0.262 e. The molecule has 0 unspecified atom stereocenters. The van der Waals surface area contributed by atoms with Crippen LogP contribution >= 0.6 is 11.3 Å². The first-order valence-electron chi connectivity index (χ1n) is 5.81. The highest BCUT2D eigenvalue weighted by molar-refractivity contribution is 7.18. The van der Waals surface area contributed by atoms with Crippen molar-refractivity contribution in [3.63, 3.8) is 0 Å². The van der Waals surface area contributed by atoms with Crippen LogP contribution in [0.25, 0.3) is 10.2 Å². The maximum absolute atomic E-state index is 12.4. The molecule has 0 aliphatic carbocycles. The fourth-order valence-electron chi connectivity index (χ4n) is 1.93. The Morgan fingerprint density at radius 2 is 2.28 bits per heavy atom. The first-order valence-corrected chi connectivity index (χ1v) is 6.62. The highest BCUT2D eigenvalue weighted by atomic mass is 32.1. The van der Waals surface area contributed by atoms with Crippen LogP contribution in [-0.4, -0.2) is 23.1 Å². The second-order valence-electron chi connectivity index (χ2n) is 4.42. The molecule has 0 aliphatic heterocycles. The van der Waals surface area contributed by atoms with Crippen molar-refractivity contribution < 1.29 is 0 Å². The van der Waals surface area contributed by atoms with E-state index < -0.39 is 0 Å². The molecule has 0 bridgehead atoms. The van der Waals surface area contributed by atoms with E-state index in [4.69, 9.17) is 0 Å². The van der Waals surface area contributed by atoms with Crippen LogP contribution in [0, 0.1) is 13.8 Å². The van der Waals surface area contributed by atoms with Crippen molar-refractivity contribution in [2.45, 2.75) is 20.4 Å². The smallest absolute Gasteiger partial charge is 0.262 e. The summed E-state index contributed by atoms with van der Waals surface area (Å²) in [5, 5.41) is 3.77. The molecule has 2 rings (SSSR count). The van der Waals surface area contributed by atoms with Crippen molar-refractivity contribution in [2.24, 2.45) is 0 Å². The molecule has 5 heteroatoms. The van der Waals surface area contributed by atoms with E-state index in [1.165, 1.54) is 0 Å². The summed E-state index contributed by atoms with van der Waals surface area (Å²) in [6, 6.07) is 0. The van der Waals surface area contributed by atoms with Gasteiger partial charge in [0.15, 0.2) is 0 Å². The van der Waals surface area contributed by atoms with Crippen LogP contribution in [0.4, 0.5) is 0 Å². The Morgan fingerprint density at radius 3 is 2.94 bits per heavy atom. The molecule has 2 aromatic rings. The van der Waals surface area contributed by atoms with Gasteiger partial charge in [0.25, 0.3) is 5.56 Å². The number of nitrogens with one attached hydrogen (secondary N) is 1. The van der Waals surface area contributed by atoms with Gasteiger partial charge in [0.1, 0.15) is 4.83 Å². The van der Waals surface area contributed by atoms with Gasteiger partial charge >= 0.3 is 0 Å². The molecular formula is C13H17N3OS. The van der Waals surface area contributed by atoms with Crippen molar-refractivity contribution >= 4 is 21.6 Å². The molecule has 0 amide bonds. The van der Waals surface area contributed by atoms with Gasteiger partial charge in [-0.3, -0.25) is 9.36 Å². The second kappa shape index (κ2) is 5.04. The van der Waals surface area contributed by atoms with E-state index in [9.17, 15) is 4.79 Å². The third-order valence-electron chi connectivity index (χ3n) is 2.98. The Bertz CT molecular complexity index is 654. The molecule has 1 N–H and O–H groups in total. The Balaban J connectivity index is 2.48. The molecule has 0 atom stereocenters. The number of aromatic nitrogens is 2. The number of rotatable bonds is 4. The van der Waals surface area contributed by atoms with Gasteiger partial charge in [0.05, 0.1) is 11.7 Å². The molecule has 0 saturated heterocycles. The lowest BCUT2D eigenvalue weighted by Gasteiger charge is -2.07. The predicted molar refractivity (Wildman–Crippen MR) is 76.4 cm³/mol. The monoisotopic (exact) mass is 263 g/mol. The summed E-state index contributed by atoms with van der Waals surface area (Å²) >= 11 is 1.57. The molecule has 0 saturated carbocycles. The Hall–Kier alpha value is -1.46. The first kappa shape index (κ1) is 13.0. The van der Waals surface area contributed by atoms with Crippen molar-refractivity contribution in [2.75, 3.05) is 13.6 Å². The van der Waals surface area contributed by atoms with Crippen LogP contribution in [0.5, 0.6) is 0 Å². The van der Waals surface area contributed by atoms with Crippen molar-refractivity contribution in [1.29, 1.82) is 0 Å². The van der Waals surface area contributed by atoms with Crippen LogP contribution in [-0.2, 0) is 6.54 Å². The SMILES string of the molecule is C=C(CNC)Cn1cnc2sc(C)c(C)c2c1=O. The minimum absolute atomic E-state index is 0.0269. The number of hydrogen-bond acceptors (Lipinski definition) is 4. The topological polar surface area (TPSA) is 46.9 Å². The molecule has 4 nitrogen and oxygen atoms in total. The Morgan fingerprint density at radius 1 is 1.56 bits per heavy atom.